The van der Waals surface area contributed by atoms with E-state index in [0.717, 1.165) is 5.56 Å². The maximum Gasteiger partial charge on any atom is 0.265 e. The molecule has 0 saturated heterocycles. The van der Waals surface area contributed by atoms with Crippen LogP contribution in [0.3, 0.4) is 0 Å². The van der Waals surface area contributed by atoms with E-state index >= 15 is 0 Å². The number of nitrogens with one attached hydrogen (secondary N) is 1. The van der Waals surface area contributed by atoms with Gasteiger partial charge in [0.05, 0.1) is 31.1 Å². The molecule has 0 fully saturated rings. The molecule has 0 aromatic heterocycles. The zero-order chi connectivity index (χ0) is 17.4. The number of hydrogen-bond acceptors (Lipinski definition) is 5. The second-order valence-corrected chi connectivity index (χ2v) is 5.06. The van der Waals surface area contributed by atoms with Crippen molar-refractivity contribution in [3.8, 4) is 11.5 Å². The fourth-order valence-electron chi connectivity index (χ4n) is 1.88. The Morgan fingerprint density at radius 1 is 1.17 bits per heavy atom. The van der Waals surface area contributed by atoms with Crippen LogP contribution >= 0.6 is 11.6 Å². The van der Waals surface area contributed by atoms with Crippen molar-refractivity contribution in [3.63, 3.8) is 0 Å². The van der Waals surface area contributed by atoms with Gasteiger partial charge in [-0.1, -0.05) is 28.9 Å². The lowest BCUT2D eigenvalue weighted by Gasteiger charge is -2.07. The van der Waals surface area contributed by atoms with Crippen LogP contribution in [0.15, 0.2) is 47.6 Å². The maximum absolute atomic E-state index is 11.8. The number of oxime groups is 1. The molecule has 7 heteroatoms. The van der Waals surface area contributed by atoms with Gasteiger partial charge in [0.1, 0.15) is 0 Å². The Bertz CT molecular complexity index is 734. The van der Waals surface area contributed by atoms with Crippen molar-refractivity contribution in [1.29, 1.82) is 0 Å². The number of benzene rings is 2. The molecule has 2 rings (SSSR count). The summed E-state index contributed by atoms with van der Waals surface area (Å²) in [6.07, 6.45) is 1.48. The van der Waals surface area contributed by atoms with Crippen molar-refractivity contribution < 1.29 is 19.1 Å². The minimum absolute atomic E-state index is 0.227. The highest BCUT2D eigenvalue weighted by molar-refractivity contribution is 6.33. The van der Waals surface area contributed by atoms with Crippen molar-refractivity contribution >= 4 is 29.4 Å². The average Bonchev–Trinajstić information content (AvgIpc) is 2.60. The molecule has 0 bridgehead atoms. The van der Waals surface area contributed by atoms with Gasteiger partial charge in [0.25, 0.3) is 5.91 Å². The zero-order valence-corrected chi connectivity index (χ0v) is 14.0. The van der Waals surface area contributed by atoms with Crippen LogP contribution in [-0.2, 0) is 9.63 Å². The van der Waals surface area contributed by atoms with Gasteiger partial charge in [-0.3, -0.25) is 4.79 Å². The van der Waals surface area contributed by atoms with Crippen LogP contribution in [0, 0.1) is 0 Å². The highest BCUT2D eigenvalue weighted by Crippen LogP contribution is 2.26. The first-order valence-electron chi connectivity index (χ1n) is 7.05. The van der Waals surface area contributed by atoms with Gasteiger partial charge in [0.15, 0.2) is 18.1 Å². The van der Waals surface area contributed by atoms with Crippen molar-refractivity contribution in [2.24, 2.45) is 5.16 Å². The fraction of sp³-hybridized carbons (Fsp3) is 0.176. The van der Waals surface area contributed by atoms with Gasteiger partial charge in [0, 0.05) is 5.56 Å². The smallest absolute Gasteiger partial charge is 0.265 e. The van der Waals surface area contributed by atoms with E-state index in [-0.39, 0.29) is 12.5 Å². The van der Waals surface area contributed by atoms with Crippen LogP contribution < -0.4 is 14.8 Å². The van der Waals surface area contributed by atoms with Gasteiger partial charge in [0.2, 0.25) is 0 Å². The molecule has 2 aromatic rings. The Kier molecular flexibility index (Phi) is 6.45. The number of anilines is 1. The van der Waals surface area contributed by atoms with Crippen LogP contribution in [0.1, 0.15) is 5.56 Å². The molecule has 0 aliphatic heterocycles. The van der Waals surface area contributed by atoms with Crippen molar-refractivity contribution in [3.05, 3.63) is 53.1 Å². The highest BCUT2D eigenvalue weighted by Gasteiger charge is 2.06. The van der Waals surface area contributed by atoms with Crippen LogP contribution in [0.5, 0.6) is 11.5 Å². The number of hydrogen-bond donors (Lipinski definition) is 1. The third-order valence-corrected chi connectivity index (χ3v) is 3.36. The first kappa shape index (κ1) is 17.6. The fourth-order valence-corrected chi connectivity index (χ4v) is 2.06. The second-order valence-electron chi connectivity index (χ2n) is 4.65. The predicted octanol–water partition coefficient (Wildman–Crippen LogP) is 3.35. The molecule has 6 nitrogen and oxygen atoms in total. The second kappa shape index (κ2) is 8.79. The Morgan fingerprint density at radius 3 is 2.62 bits per heavy atom. The molecule has 0 spiro atoms. The number of methoxy groups -OCH3 is 2. The van der Waals surface area contributed by atoms with Gasteiger partial charge < -0.3 is 19.6 Å². The van der Waals surface area contributed by atoms with Crippen LogP contribution in [0.4, 0.5) is 5.69 Å². The molecular formula is C17H17ClN2O4. The lowest BCUT2D eigenvalue weighted by molar-refractivity contribution is -0.120. The summed E-state index contributed by atoms with van der Waals surface area (Å²) in [6, 6.07) is 12.2. The zero-order valence-electron chi connectivity index (χ0n) is 13.3. The van der Waals surface area contributed by atoms with E-state index in [1.165, 1.54) is 6.21 Å². The third-order valence-electron chi connectivity index (χ3n) is 3.03. The van der Waals surface area contributed by atoms with Gasteiger partial charge in [-0.15, -0.1) is 0 Å². The first-order valence-corrected chi connectivity index (χ1v) is 7.43. The number of amides is 1. The normalized spacial score (nSPS) is 10.5. The molecule has 1 N–H and O–H groups in total. The number of ether oxygens (including phenoxy) is 2. The number of para-hydroxylation sites is 1. The molecule has 0 unspecified atom stereocenters. The molecule has 0 aliphatic rings. The Labute approximate surface area is 145 Å². The molecule has 0 atom stereocenters. The number of carbonyl (C=O) groups excluding carboxylic acids is 1. The van der Waals surface area contributed by atoms with Crippen molar-refractivity contribution in [2.75, 3.05) is 26.1 Å². The van der Waals surface area contributed by atoms with E-state index in [2.05, 4.69) is 10.5 Å². The topological polar surface area (TPSA) is 69.2 Å². The lowest BCUT2D eigenvalue weighted by Crippen LogP contribution is -2.17. The van der Waals surface area contributed by atoms with Crippen molar-refractivity contribution in [1.82, 2.24) is 0 Å². The summed E-state index contributed by atoms with van der Waals surface area (Å²) in [5.41, 5.74) is 1.27. The first-order chi connectivity index (χ1) is 11.6. The number of carbonyl (C=O) groups is 1. The minimum Gasteiger partial charge on any atom is -0.493 e. The highest BCUT2D eigenvalue weighted by atomic mass is 35.5. The summed E-state index contributed by atoms with van der Waals surface area (Å²) in [4.78, 5) is 16.7. The minimum atomic E-state index is -0.354. The quantitative estimate of drug-likeness (QED) is 0.615. The predicted molar refractivity (Wildman–Crippen MR) is 93.2 cm³/mol. The largest absolute Gasteiger partial charge is 0.493 e. The van der Waals surface area contributed by atoms with E-state index in [1.807, 2.05) is 0 Å². The summed E-state index contributed by atoms with van der Waals surface area (Å²) in [5.74, 6) is 0.847. The average molecular weight is 349 g/mol. The summed E-state index contributed by atoms with van der Waals surface area (Å²) < 4.78 is 10.3. The third kappa shape index (κ3) is 4.89. The van der Waals surface area contributed by atoms with Gasteiger partial charge >= 0.3 is 0 Å². The number of nitrogens with zero attached hydrogens (tertiary/aromatic N) is 1. The van der Waals surface area contributed by atoms with Gasteiger partial charge in [-0.25, -0.2) is 0 Å². The molecule has 2 aromatic carbocycles. The molecule has 1 amide bonds. The van der Waals surface area contributed by atoms with Crippen LogP contribution in [0.25, 0.3) is 0 Å². The van der Waals surface area contributed by atoms with Crippen LogP contribution in [-0.4, -0.2) is 32.9 Å². The Hall–Kier alpha value is -2.73. The molecule has 0 radical (unpaired) electrons. The molecule has 24 heavy (non-hydrogen) atoms. The van der Waals surface area contributed by atoms with E-state index in [0.29, 0.717) is 22.2 Å². The van der Waals surface area contributed by atoms with Gasteiger partial charge in [-0.2, -0.15) is 0 Å². The summed E-state index contributed by atoms with van der Waals surface area (Å²) in [5, 5.41) is 6.86. The summed E-state index contributed by atoms with van der Waals surface area (Å²) in [6.45, 7) is -0.227. The number of halogens is 1. The SMILES string of the molecule is COc1ccc(/C=N\OCC(=O)Nc2ccccc2Cl)cc1OC. The molecule has 0 aliphatic carbocycles. The maximum atomic E-state index is 11.8. The summed E-state index contributed by atoms with van der Waals surface area (Å²) in [7, 11) is 3.11. The standard InChI is InChI=1S/C17H17ClN2O4/c1-22-15-8-7-12(9-16(15)23-2)10-19-24-11-17(21)20-14-6-4-3-5-13(14)18/h3-10H,11H2,1-2H3,(H,20,21)/b19-10-. The molecule has 0 heterocycles. The lowest BCUT2D eigenvalue weighted by atomic mass is 10.2. The summed E-state index contributed by atoms with van der Waals surface area (Å²) >= 11 is 5.96. The molecule has 0 saturated carbocycles. The van der Waals surface area contributed by atoms with E-state index in [1.54, 1.807) is 56.7 Å². The Balaban J connectivity index is 1.86. The van der Waals surface area contributed by atoms with Crippen LogP contribution in [0.2, 0.25) is 5.02 Å². The number of rotatable bonds is 7. The van der Waals surface area contributed by atoms with E-state index in [4.69, 9.17) is 25.9 Å². The van der Waals surface area contributed by atoms with Crippen molar-refractivity contribution in [2.45, 2.75) is 0 Å². The molecule has 126 valence electrons. The van der Waals surface area contributed by atoms with Gasteiger partial charge in [-0.05, 0) is 30.3 Å². The van der Waals surface area contributed by atoms with E-state index < -0.39 is 0 Å². The monoisotopic (exact) mass is 348 g/mol. The Morgan fingerprint density at radius 2 is 1.92 bits per heavy atom. The van der Waals surface area contributed by atoms with E-state index in [9.17, 15) is 4.79 Å². The molecular weight excluding hydrogens is 332 g/mol.